The maximum Gasteiger partial charge on any atom is 0.573 e. The number of sulfonamides is 1. The van der Waals surface area contributed by atoms with Gasteiger partial charge in [-0.05, 0) is 92.5 Å². The van der Waals surface area contributed by atoms with Crippen LogP contribution in [0.25, 0.3) is 22.3 Å². The molecule has 3 aliphatic rings. The number of benzene rings is 6. The Kier molecular flexibility index (Phi) is 14.9. The van der Waals surface area contributed by atoms with Crippen molar-refractivity contribution in [2.75, 3.05) is 51.4 Å². The van der Waals surface area contributed by atoms with Crippen molar-refractivity contribution < 1.29 is 55.0 Å². The number of halogens is 3. The van der Waals surface area contributed by atoms with Gasteiger partial charge in [-0.2, -0.15) is 0 Å². The summed E-state index contributed by atoms with van der Waals surface area (Å²) in [7, 11) is -0.990. The Labute approximate surface area is 435 Å². The first-order valence-corrected chi connectivity index (χ1v) is 25.6. The Morgan fingerprint density at radius 3 is 2.04 bits per heavy atom. The average Bonchev–Trinajstić information content (AvgIpc) is 3.81. The van der Waals surface area contributed by atoms with Crippen LogP contribution in [-0.2, 0) is 31.0 Å². The van der Waals surface area contributed by atoms with Crippen LogP contribution >= 0.6 is 0 Å². The molecular weight excluding hydrogens is 1010 g/mol. The Balaban J connectivity index is 1.07. The molecule has 5 amide bonds. The Hall–Kier alpha value is -8.63. The number of nitrogens with one attached hydrogen (secondary N) is 9. The molecule has 0 saturated heterocycles. The highest BCUT2D eigenvalue weighted by Crippen LogP contribution is 2.44. The van der Waals surface area contributed by atoms with Crippen LogP contribution in [0.4, 0.5) is 53.0 Å². The van der Waals surface area contributed by atoms with Crippen LogP contribution in [0.5, 0.6) is 11.5 Å². The minimum Gasteiger partial charge on any atom is -0.495 e. The van der Waals surface area contributed by atoms with E-state index < -0.39 is 58.0 Å². The van der Waals surface area contributed by atoms with Crippen LogP contribution < -0.4 is 56.7 Å². The third-order valence-corrected chi connectivity index (χ3v) is 14.5. The highest BCUT2D eigenvalue weighted by Gasteiger charge is 2.34. The number of anilines is 7. The lowest BCUT2D eigenvalue weighted by molar-refractivity contribution is -0.274. The first-order chi connectivity index (χ1) is 36.4. The van der Waals surface area contributed by atoms with Crippen LogP contribution in [0.3, 0.4) is 0 Å². The fourth-order valence-corrected chi connectivity index (χ4v) is 10.3. The summed E-state index contributed by atoms with van der Waals surface area (Å²) in [6.45, 7) is 1.38. The molecule has 18 nitrogen and oxygen atoms in total. The average molecular weight is 1060 g/mol. The zero-order valence-corrected chi connectivity index (χ0v) is 42.0. The second-order valence-corrected chi connectivity index (χ2v) is 20.3. The van der Waals surface area contributed by atoms with Gasteiger partial charge in [0.2, 0.25) is 27.7 Å². The normalized spacial score (nSPS) is 17.1. The molecule has 0 bridgehead atoms. The van der Waals surface area contributed by atoms with Crippen molar-refractivity contribution in [2.24, 2.45) is 0 Å². The molecule has 3 aliphatic heterocycles. The lowest BCUT2D eigenvalue weighted by Gasteiger charge is -2.24. The number of methoxy groups -OCH3 is 1. The van der Waals surface area contributed by atoms with E-state index >= 15 is 0 Å². The molecule has 6 aromatic rings. The maximum absolute atomic E-state index is 14.5. The van der Waals surface area contributed by atoms with Gasteiger partial charge in [0.05, 0.1) is 62.9 Å². The third kappa shape index (κ3) is 11.7. The van der Waals surface area contributed by atoms with Gasteiger partial charge in [-0.1, -0.05) is 60.7 Å². The van der Waals surface area contributed by atoms with Crippen LogP contribution in [-0.4, -0.2) is 76.6 Å². The molecule has 3 heterocycles. The summed E-state index contributed by atoms with van der Waals surface area (Å²) >= 11 is 0. The van der Waals surface area contributed by atoms with E-state index in [2.05, 4.69) is 52.0 Å². The number of hydrogen-bond donors (Lipinski definition) is 9. The van der Waals surface area contributed by atoms with E-state index in [4.69, 9.17) is 4.74 Å². The molecule has 0 aromatic heterocycles. The summed E-state index contributed by atoms with van der Waals surface area (Å²) in [5.74, 6) is -2.49. The number of ether oxygens (including phenoxy) is 2. The van der Waals surface area contributed by atoms with E-state index in [1.165, 1.54) is 44.5 Å². The van der Waals surface area contributed by atoms with Gasteiger partial charge in [-0.25, -0.2) is 13.1 Å². The number of alkyl halides is 3. The summed E-state index contributed by atoms with van der Waals surface area (Å²) in [6, 6.07) is 28.6. The van der Waals surface area contributed by atoms with Crippen LogP contribution in [0.1, 0.15) is 65.3 Å². The SMILES string of the molecule is CNS(=O)(=O)c1cccc(-c2cccc3c2N[C@H](CCC2CC(=O)Nc4c(-c5cc6c(c(C(=O)NCc7ccccc7OC(F)(F)F)c5)N[C@H](C)CC(=O)N6)ccc(C(=O)Nc5ccccc5OC)c4N2)CC(=O)N3)c1. The van der Waals surface area contributed by atoms with Crippen LogP contribution in [0.15, 0.2) is 120 Å². The summed E-state index contributed by atoms with van der Waals surface area (Å²) in [5.41, 5.74) is 4.29. The van der Waals surface area contributed by atoms with Crippen LogP contribution in [0.2, 0.25) is 0 Å². The van der Waals surface area contributed by atoms with Crippen molar-refractivity contribution in [1.29, 1.82) is 0 Å². The zero-order chi connectivity index (χ0) is 53.9. The van der Waals surface area contributed by atoms with Gasteiger partial charge in [0.15, 0.2) is 0 Å². The van der Waals surface area contributed by atoms with Gasteiger partial charge in [0.25, 0.3) is 11.8 Å². The predicted molar refractivity (Wildman–Crippen MR) is 282 cm³/mol. The topological polar surface area (TPSA) is 246 Å². The molecule has 394 valence electrons. The third-order valence-electron chi connectivity index (χ3n) is 13.0. The van der Waals surface area contributed by atoms with E-state index in [9.17, 15) is 45.6 Å². The standard InChI is InChI=1S/C54H52F3N9O9S/c1-29-22-45(67)64-42-25-32(24-39(49(42)60-29)52(70)59-28-31-10-4-6-16-43(31)75-54(55,56)57)37-20-21-38(53(71)65-40-14-5-7-17-44(40)74-3)51-50(37)66-47(69)27-34(62-51)19-18-33-26-46(68)63-41-15-9-13-36(48(41)61-33)30-11-8-12-35(23-30)76(72,73)58-2/h4-17,20-21,23-25,29,33-34,58,60-62H,18-19,22,26-28H2,1-3H3,(H,59,70)(H,63,68)(H,64,67)(H,65,71)(H,66,69)/t29-,33-,34?/m1/s1. The minimum atomic E-state index is -4.99. The lowest BCUT2D eigenvalue weighted by atomic mass is 9.95. The smallest absolute Gasteiger partial charge is 0.495 e. The molecule has 0 saturated carbocycles. The molecule has 9 N–H and O–H groups in total. The van der Waals surface area contributed by atoms with Crippen molar-refractivity contribution in [3.63, 3.8) is 0 Å². The lowest BCUT2D eigenvalue weighted by Crippen LogP contribution is -2.28. The fourth-order valence-electron chi connectivity index (χ4n) is 9.50. The number of fused-ring (bicyclic) bond motifs is 3. The fraction of sp³-hybridized carbons (Fsp3) is 0.241. The first kappa shape index (κ1) is 52.2. The Morgan fingerprint density at radius 2 is 1.30 bits per heavy atom. The molecular formula is C54H52F3N9O9S. The molecule has 9 rings (SSSR count). The predicted octanol–water partition coefficient (Wildman–Crippen LogP) is 8.89. The highest BCUT2D eigenvalue weighted by molar-refractivity contribution is 7.89. The maximum atomic E-state index is 14.5. The van der Waals surface area contributed by atoms with Gasteiger partial charge in [-0.3, -0.25) is 24.0 Å². The van der Waals surface area contributed by atoms with Gasteiger partial charge in [0, 0.05) is 60.6 Å². The largest absolute Gasteiger partial charge is 0.573 e. The minimum absolute atomic E-state index is 0.00803. The first-order valence-electron chi connectivity index (χ1n) is 24.1. The quantitative estimate of drug-likeness (QED) is 0.0497. The van der Waals surface area contributed by atoms with Crippen LogP contribution in [0, 0.1) is 0 Å². The van der Waals surface area contributed by atoms with Crippen molar-refractivity contribution in [1.82, 2.24) is 10.0 Å². The summed E-state index contributed by atoms with van der Waals surface area (Å²) in [5, 5.41) is 24.6. The number of amides is 5. The van der Waals surface area contributed by atoms with Gasteiger partial charge in [-0.15, -0.1) is 13.2 Å². The summed E-state index contributed by atoms with van der Waals surface area (Å²) in [4.78, 5) is 69.7. The molecule has 6 aromatic carbocycles. The monoisotopic (exact) mass is 1060 g/mol. The second-order valence-electron chi connectivity index (χ2n) is 18.4. The van der Waals surface area contributed by atoms with Gasteiger partial charge in [0.1, 0.15) is 11.5 Å². The zero-order valence-electron chi connectivity index (χ0n) is 41.2. The molecule has 22 heteroatoms. The molecule has 0 radical (unpaired) electrons. The Morgan fingerprint density at radius 1 is 0.645 bits per heavy atom. The molecule has 1 unspecified atom stereocenters. The van der Waals surface area contributed by atoms with E-state index in [0.29, 0.717) is 57.9 Å². The summed E-state index contributed by atoms with van der Waals surface area (Å²) < 4.78 is 77.6. The van der Waals surface area contributed by atoms with Gasteiger partial charge >= 0.3 is 6.36 Å². The van der Waals surface area contributed by atoms with E-state index in [0.717, 1.165) is 6.07 Å². The molecule has 0 spiro atoms. The number of hydrogen-bond acceptors (Lipinski definition) is 12. The van der Waals surface area contributed by atoms with E-state index in [1.807, 2.05) is 6.07 Å². The van der Waals surface area contributed by atoms with Crippen molar-refractivity contribution in [3.05, 3.63) is 132 Å². The van der Waals surface area contributed by atoms with Crippen molar-refractivity contribution in [3.8, 4) is 33.8 Å². The molecule has 3 atom stereocenters. The summed E-state index contributed by atoms with van der Waals surface area (Å²) in [6.07, 6.45) is -4.38. The molecule has 76 heavy (non-hydrogen) atoms. The van der Waals surface area contributed by atoms with Crippen molar-refractivity contribution >= 4 is 79.4 Å². The highest BCUT2D eigenvalue weighted by atomic mass is 32.2. The van der Waals surface area contributed by atoms with Crippen molar-refractivity contribution in [2.45, 2.75) is 75.0 Å². The van der Waals surface area contributed by atoms with Gasteiger partial charge < -0.3 is 52.0 Å². The number of rotatable bonds is 14. The Bertz CT molecular complexity index is 3410. The number of para-hydroxylation sites is 4. The number of carbonyl (C=O) groups is 5. The molecule has 0 aliphatic carbocycles. The molecule has 0 fully saturated rings. The number of carbonyl (C=O) groups excluding carboxylic acids is 5. The van der Waals surface area contributed by atoms with E-state index in [-0.39, 0.29) is 82.0 Å². The van der Waals surface area contributed by atoms with E-state index in [1.54, 1.807) is 79.7 Å². The second kappa shape index (κ2) is 21.7.